The van der Waals surface area contributed by atoms with Crippen LogP contribution in [-0.4, -0.2) is 25.4 Å². The Bertz CT molecular complexity index is 442. The minimum Gasteiger partial charge on any atom is -0.490 e. The number of hydrogen-bond acceptors (Lipinski definition) is 3. The van der Waals surface area contributed by atoms with Crippen molar-refractivity contribution in [1.29, 1.82) is 0 Å². The first-order valence-electron chi connectivity index (χ1n) is 7.57. The third-order valence-electron chi connectivity index (χ3n) is 3.87. The maximum atomic E-state index is 5.88. The van der Waals surface area contributed by atoms with Crippen molar-refractivity contribution in [2.45, 2.75) is 50.8 Å². The van der Waals surface area contributed by atoms with Gasteiger partial charge in [-0.3, -0.25) is 0 Å². The van der Waals surface area contributed by atoms with Gasteiger partial charge < -0.3 is 14.8 Å². The summed E-state index contributed by atoms with van der Waals surface area (Å²) in [6.45, 7) is 2.47. The SMILES string of the molecule is Brc1cc(CNC2CC2)ccc1OCC1CCCCO1. The lowest BCUT2D eigenvalue weighted by Gasteiger charge is -2.23. The van der Waals surface area contributed by atoms with Crippen molar-refractivity contribution in [2.75, 3.05) is 13.2 Å². The number of benzene rings is 1. The van der Waals surface area contributed by atoms with E-state index in [0.29, 0.717) is 6.61 Å². The second kappa shape index (κ2) is 6.92. The Hall–Kier alpha value is -0.580. The highest BCUT2D eigenvalue weighted by atomic mass is 79.9. The molecule has 1 aromatic carbocycles. The van der Waals surface area contributed by atoms with Crippen molar-refractivity contribution in [1.82, 2.24) is 5.32 Å². The van der Waals surface area contributed by atoms with Crippen LogP contribution in [0.5, 0.6) is 5.75 Å². The minimum absolute atomic E-state index is 0.256. The summed E-state index contributed by atoms with van der Waals surface area (Å²) in [6.07, 6.45) is 6.45. The van der Waals surface area contributed by atoms with Gasteiger partial charge in [-0.05, 0) is 65.7 Å². The molecule has 1 unspecified atom stereocenters. The van der Waals surface area contributed by atoms with E-state index in [9.17, 15) is 0 Å². The van der Waals surface area contributed by atoms with Gasteiger partial charge in [-0.25, -0.2) is 0 Å². The molecule has 0 spiro atoms. The van der Waals surface area contributed by atoms with Gasteiger partial charge in [0.25, 0.3) is 0 Å². The molecule has 3 nitrogen and oxygen atoms in total. The third-order valence-corrected chi connectivity index (χ3v) is 4.49. The number of rotatable bonds is 6. The average Bonchev–Trinajstić information content (AvgIpc) is 3.29. The van der Waals surface area contributed by atoms with Crippen LogP contribution in [0.3, 0.4) is 0 Å². The van der Waals surface area contributed by atoms with Crippen LogP contribution in [0.15, 0.2) is 22.7 Å². The van der Waals surface area contributed by atoms with Gasteiger partial charge >= 0.3 is 0 Å². The summed E-state index contributed by atoms with van der Waals surface area (Å²) in [5.74, 6) is 0.911. The van der Waals surface area contributed by atoms with E-state index in [1.54, 1.807) is 0 Å². The van der Waals surface area contributed by atoms with E-state index in [1.165, 1.54) is 31.2 Å². The van der Waals surface area contributed by atoms with Gasteiger partial charge in [0.2, 0.25) is 0 Å². The van der Waals surface area contributed by atoms with Crippen LogP contribution in [0.1, 0.15) is 37.7 Å². The molecular weight excluding hydrogens is 318 g/mol. The van der Waals surface area contributed by atoms with Crippen LogP contribution >= 0.6 is 15.9 Å². The van der Waals surface area contributed by atoms with Crippen LogP contribution in [-0.2, 0) is 11.3 Å². The van der Waals surface area contributed by atoms with E-state index in [0.717, 1.165) is 35.8 Å². The number of nitrogens with one attached hydrogen (secondary N) is 1. The summed E-state index contributed by atoms with van der Waals surface area (Å²) in [5.41, 5.74) is 1.30. The molecule has 0 bridgehead atoms. The van der Waals surface area contributed by atoms with Crippen molar-refractivity contribution in [3.63, 3.8) is 0 Å². The Morgan fingerprint density at radius 3 is 2.85 bits per heavy atom. The molecule has 1 saturated carbocycles. The van der Waals surface area contributed by atoms with Gasteiger partial charge in [-0.1, -0.05) is 6.07 Å². The molecule has 1 saturated heterocycles. The number of halogens is 1. The predicted molar refractivity (Wildman–Crippen MR) is 83.1 cm³/mol. The van der Waals surface area contributed by atoms with E-state index in [2.05, 4.69) is 39.4 Å². The molecule has 1 heterocycles. The van der Waals surface area contributed by atoms with Crippen LogP contribution in [0.4, 0.5) is 0 Å². The predicted octanol–water partition coefficient (Wildman–Crippen LogP) is 3.65. The molecule has 110 valence electrons. The first kappa shape index (κ1) is 14.4. The molecular formula is C16H22BrNO2. The van der Waals surface area contributed by atoms with Crippen LogP contribution in [0, 0.1) is 0 Å². The van der Waals surface area contributed by atoms with Gasteiger partial charge in [0.1, 0.15) is 12.4 Å². The highest BCUT2D eigenvalue weighted by molar-refractivity contribution is 9.10. The molecule has 1 aliphatic carbocycles. The van der Waals surface area contributed by atoms with Gasteiger partial charge in [-0.2, -0.15) is 0 Å². The molecule has 4 heteroatoms. The molecule has 1 aliphatic heterocycles. The first-order valence-corrected chi connectivity index (χ1v) is 8.37. The van der Waals surface area contributed by atoms with Crippen molar-refractivity contribution in [3.05, 3.63) is 28.2 Å². The standard InChI is InChI=1S/C16H22BrNO2/c17-15-9-12(10-18-13-5-6-13)4-7-16(15)20-11-14-3-1-2-8-19-14/h4,7,9,13-14,18H,1-3,5-6,8,10-11H2. The Morgan fingerprint density at radius 1 is 1.25 bits per heavy atom. The van der Waals surface area contributed by atoms with E-state index in [-0.39, 0.29) is 6.10 Å². The summed E-state index contributed by atoms with van der Waals surface area (Å²) in [5, 5.41) is 3.52. The number of hydrogen-bond donors (Lipinski definition) is 1. The second-order valence-corrected chi connectivity index (χ2v) is 6.57. The van der Waals surface area contributed by atoms with Crippen molar-refractivity contribution in [3.8, 4) is 5.75 Å². The zero-order valence-corrected chi connectivity index (χ0v) is 13.3. The van der Waals surface area contributed by atoms with E-state index >= 15 is 0 Å². The zero-order valence-electron chi connectivity index (χ0n) is 11.7. The van der Waals surface area contributed by atoms with Gasteiger partial charge in [0.15, 0.2) is 0 Å². The van der Waals surface area contributed by atoms with E-state index in [1.807, 2.05) is 0 Å². The molecule has 0 amide bonds. The largest absolute Gasteiger partial charge is 0.490 e. The second-order valence-electron chi connectivity index (χ2n) is 5.72. The molecule has 0 aromatic heterocycles. The summed E-state index contributed by atoms with van der Waals surface area (Å²) < 4.78 is 12.6. The first-order chi connectivity index (χ1) is 9.81. The maximum Gasteiger partial charge on any atom is 0.133 e. The lowest BCUT2D eigenvalue weighted by Crippen LogP contribution is -2.25. The molecule has 1 atom stereocenters. The maximum absolute atomic E-state index is 5.88. The Labute approximate surface area is 129 Å². The molecule has 2 aliphatic rings. The molecule has 1 aromatic rings. The molecule has 1 N–H and O–H groups in total. The Morgan fingerprint density at radius 2 is 2.15 bits per heavy atom. The van der Waals surface area contributed by atoms with Crippen LogP contribution in [0.25, 0.3) is 0 Å². The van der Waals surface area contributed by atoms with Crippen LogP contribution in [0.2, 0.25) is 0 Å². The molecule has 0 radical (unpaired) electrons. The third kappa shape index (κ3) is 4.21. The molecule has 20 heavy (non-hydrogen) atoms. The van der Waals surface area contributed by atoms with E-state index < -0.39 is 0 Å². The fourth-order valence-corrected chi connectivity index (χ4v) is 2.98. The van der Waals surface area contributed by atoms with Crippen molar-refractivity contribution in [2.24, 2.45) is 0 Å². The fourth-order valence-electron chi connectivity index (χ4n) is 2.44. The van der Waals surface area contributed by atoms with Crippen LogP contribution < -0.4 is 10.1 Å². The van der Waals surface area contributed by atoms with Gasteiger partial charge in [0, 0.05) is 19.2 Å². The van der Waals surface area contributed by atoms with Crippen molar-refractivity contribution < 1.29 is 9.47 Å². The topological polar surface area (TPSA) is 30.5 Å². The van der Waals surface area contributed by atoms with E-state index in [4.69, 9.17) is 9.47 Å². The summed E-state index contributed by atoms with van der Waals surface area (Å²) in [7, 11) is 0. The minimum atomic E-state index is 0.256. The highest BCUT2D eigenvalue weighted by Crippen LogP contribution is 2.27. The number of ether oxygens (including phenoxy) is 2. The lowest BCUT2D eigenvalue weighted by molar-refractivity contribution is -0.0112. The fraction of sp³-hybridized carbons (Fsp3) is 0.625. The normalized spacial score (nSPS) is 22.8. The van der Waals surface area contributed by atoms with Gasteiger partial charge in [0.05, 0.1) is 10.6 Å². The molecule has 3 rings (SSSR count). The highest BCUT2D eigenvalue weighted by Gasteiger charge is 2.20. The Balaban J connectivity index is 1.50. The van der Waals surface area contributed by atoms with Crippen molar-refractivity contribution >= 4 is 15.9 Å². The average molecular weight is 340 g/mol. The zero-order chi connectivity index (χ0) is 13.8. The Kier molecular flexibility index (Phi) is 4.97. The monoisotopic (exact) mass is 339 g/mol. The lowest BCUT2D eigenvalue weighted by atomic mass is 10.1. The quantitative estimate of drug-likeness (QED) is 0.858. The summed E-state index contributed by atoms with van der Waals surface area (Å²) in [6, 6.07) is 7.08. The summed E-state index contributed by atoms with van der Waals surface area (Å²) >= 11 is 3.60. The van der Waals surface area contributed by atoms with Gasteiger partial charge in [-0.15, -0.1) is 0 Å². The summed E-state index contributed by atoms with van der Waals surface area (Å²) in [4.78, 5) is 0. The molecule has 2 fully saturated rings. The smallest absolute Gasteiger partial charge is 0.133 e.